The molecular formula is C12H17NO3. The molecule has 0 saturated heterocycles. The zero-order valence-electron chi connectivity index (χ0n) is 9.46. The van der Waals surface area contributed by atoms with Crippen LogP contribution in [-0.2, 0) is 14.3 Å². The second-order valence-corrected chi connectivity index (χ2v) is 3.65. The molecule has 1 rings (SSSR count). The predicted octanol–water partition coefficient (Wildman–Crippen LogP) is 1.14. The molecule has 0 radical (unpaired) electrons. The van der Waals surface area contributed by atoms with Crippen LogP contribution in [0.5, 0.6) is 0 Å². The van der Waals surface area contributed by atoms with Gasteiger partial charge in [0, 0.05) is 6.54 Å². The largest absolute Gasteiger partial charge is 0.465 e. The van der Waals surface area contributed by atoms with E-state index in [0.717, 1.165) is 6.42 Å². The standard InChI is InChI=1S/C12H17NO3/c1-2-16-12(15)9-13(10-14)8-11-6-4-3-5-7-11/h3-6,10-11H,2,7-9H2,1H3. The lowest BCUT2D eigenvalue weighted by Gasteiger charge is -2.21. The van der Waals surface area contributed by atoms with Gasteiger partial charge < -0.3 is 9.64 Å². The lowest BCUT2D eigenvalue weighted by Crippen LogP contribution is -2.33. The number of amides is 1. The molecule has 0 aromatic heterocycles. The number of hydrogen-bond donors (Lipinski definition) is 0. The Balaban J connectivity index is 2.36. The zero-order chi connectivity index (χ0) is 11.8. The van der Waals surface area contributed by atoms with Gasteiger partial charge in [-0.25, -0.2) is 0 Å². The van der Waals surface area contributed by atoms with Crippen molar-refractivity contribution in [3.63, 3.8) is 0 Å². The summed E-state index contributed by atoms with van der Waals surface area (Å²) in [5, 5.41) is 0. The maximum Gasteiger partial charge on any atom is 0.325 e. The van der Waals surface area contributed by atoms with Crippen LogP contribution in [0.4, 0.5) is 0 Å². The number of esters is 1. The van der Waals surface area contributed by atoms with Crippen LogP contribution in [0.1, 0.15) is 13.3 Å². The molecular weight excluding hydrogens is 206 g/mol. The molecule has 1 amide bonds. The van der Waals surface area contributed by atoms with E-state index in [1.807, 2.05) is 18.2 Å². The molecule has 0 fully saturated rings. The van der Waals surface area contributed by atoms with Gasteiger partial charge in [-0.15, -0.1) is 0 Å². The molecule has 4 heteroatoms. The molecule has 1 unspecified atom stereocenters. The number of hydrogen-bond acceptors (Lipinski definition) is 3. The first-order valence-electron chi connectivity index (χ1n) is 5.44. The van der Waals surface area contributed by atoms with E-state index in [4.69, 9.17) is 4.74 Å². The van der Waals surface area contributed by atoms with Gasteiger partial charge in [-0.05, 0) is 19.3 Å². The van der Waals surface area contributed by atoms with Crippen LogP contribution in [0.2, 0.25) is 0 Å². The first-order chi connectivity index (χ1) is 7.76. The minimum atomic E-state index is -0.357. The third-order valence-corrected chi connectivity index (χ3v) is 2.32. The van der Waals surface area contributed by atoms with Crippen LogP contribution >= 0.6 is 0 Å². The topological polar surface area (TPSA) is 46.6 Å². The fourth-order valence-corrected chi connectivity index (χ4v) is 1.59. The molecule has 88 valence electrons. The number of carbonyl (C=O) groups excluding carboxylic acids is 2. The maximum atomic E-state index is 11.2. The summed E-state index contributed by atoms with van der Waals surface area (Å²) in [7, 11) is 0. The lowest BCUT2D eigenvalue weighted by atomic mass is 10.0. The van der Waals surface area contributed by atoms with E-state index >= 15 is 0 Å². The van der Waals surface area contributed by atoms with Gasteiger partial charge in [-0.2, -0.15) is 0 Å². The van der Waals surface area contributed by atoms with Gasteiger partial charge >= 0.3 is 5.97 Å². The monoisotopic (exact) mass is 223 g/mol. The van der Waals surface area contributed by atoms with Gasteiger partial charge in [-0.3, -0.25) is 9.59 Å². The molecule has 0 spiro atoms. The van der Waals surface area contributed by atoms with Crippen LogP contribution in [0.3, 0.4) is 0 Å². The first-order valence-corrected chi connectivity index (χ1v) is 5.44. The van der Waals surface area contributed by atoms with Gasteiger partial charge in [-0.1, -0.05) is 24.3 Å². The smallest absolute Gasteiger partial charge is 0.325 e. The molecule has 0 aliphatic heterocycles. The summed E-state index contributed by atoms with van der Waals surface area (Å²) >= 11 is 0. The van der Waals surface area contributed by atoms with Crippen molar-refractivity contribution in [2.45, 2.75) is 13.3 Å². The Bertz CT molecular complexity index is 297. The molecule has 0 N–H and O–H groups in total. The van der Waals surface area contributed by atoms with E-state index < -0.39 is 0 Å². The van der Waals surface area contributed by atoms with Gasteiger partial charge in [0.05, 0.1) is 6.61 Å². The number of allylic oxidation sites excluding steroid dienone is 3. The Morgan fingerprint density at radius 3 is 2.94 bits per heavy atom. The summed E-state index contributed by atoms with van der Waals surface area (Å²) < 4.78 is 4.79. The highest BCUT2D eigenvalue weighted by Gasteiger charge is 2.14. The highest BCUT2D eigenvalue weighted by molar-refractivity contribution is 5.74. The second kappa shape index (κ2) is 6.82. The Morgan fingerprint density at radius 1 is 1.56 bits per heavy atom. The SMILES string of the molecule is CCOC(=O)CN(C=O)CC1C=CC=CC1. The van der Waals surface area contributed by atoms with Crippen molar-refractivity contribution >= 4 is 12.4 Å². The Kier molecular flexibility index (Phi) is 5.32. The van der Waals surface area contributed by atoms with E-state index in [0.29, 0.717) is 25.5 Å². The van der Waals surface area contributed by atoms with Gasteiger partial charge in [0.2, 0.25) is 6.41 Å². The number of rotatable bonds is 6. The molecule has 0 saturated carbocycles. The van der Waals surface area contributed by atoms with Gasteiger partial charge in [0.25, 0.3) is 0 Å². The molecule has 0 aromatic rings. The van der Waals surface area contributed by atoms with E-state index in [2.05, 4.69) is 6.08 Å². The maximum absolute atomic E-state index is 11.2. The van der Waals surface area contributed by atoms with E-state index in [9.17, 15) is 9.59 Å². The van der Waals surface area contributed by atoms with Gasteiger partial charge in [0.1, 0.15) is 6.54 Å². The third kappa shape index (κ3) is 4.29. The van der Waals surface area contributed by atoms with Crippen LogP contribution < -0.4 is 0 Å². The predicted molar refractivity (Wildman–Crippen MR) is 60.7 cm³/mol. The fraction of sp³-hybridized carbons (Fsp3) is 0.500. The summed E-state index contributed by atoms with van der Waals surface area (Å²) in [6.07, 6.45) is 9.64. The van der Waals surface area contributed by atoms with Crippen molar-refractivity contribution in [2.24, 2.45) is 5.92 Å². The van der Waals surface area contributed by atoms with Crippen LogP contribution in [-0.4, -0.2) is 37.0 Å². The fourth-order valence-electron chi connectivity index (χ4n) is 1.59. The quantitative estimate of drug-likeness (QED) is 0.501. The number of nitrogens with zero attached hydrogens (tertiary/aromatic N) is 1. The van der Waals surface area contributed by atoms with E-state index in [-0.39, 0.29) is 12.5 Å². The third-order valence-electron chi connectivity index (χ3n) is 2.32. The number of carbonyl (C=O) groups is 2. The summed E-state index contributed by atoms with van der Waals surface area (Å²) in [5.74, 6) is -0.0606. The van der Waals surface area contributed by atoms with Crippen molar-refractivity contribution in [3.8, 4) is 0 Å². The molecule has 1 aliphatic rings. The number of ether oxygens (including phenoxy) is 1. The molecule has 1 atom stereocenters. The minimum absolute atomic E-state index is 0.0331. The van der Waals surface area contributed by atoms with E-state index in [1.54, 1.807) is 6.92 Å². The highest BCUT2D eigenvalue weighted by Crippen LogP contribution is 2.12. The Hall–Kier alpha value is -1.58. The van der Waals surface area contributed by atoms with Crippen molar-refractivity contribution < 1.29 is 14.3 Å². The summed E-state index contributed by atoms with van der Waals surface area (Å²) in [4.78, 5) is 23.4. The zero-order valence-corrected chi connectivity index (χ0v) is 9.46. The average Bonchev–Trinajstić information content (AvgIpc) is 2.30. The van der Waals surface area contributed by atoms with Crippen molar-refractivity contribution in [1.82, 2.24) is 4.90 Å². The summed E-state index contributed by atoms with van der Waals surface area (Å²) in [6.45, 7) is 2.68. The normalized spacial score (nSPS) is 18.2. The minimum Gasteiger partial charge on any atom is -0.465 e. The Labute approximate surface area is 95.6 Å². The van der Waals surface area contributed by atoms with Crippen LogP contribution in [0.25, 0.3) is 0 Å². The lowest BCUT2D eigenvalue weighted by molar-refractivity contribution is -0.146. The van der Waals surface area contributed by atoms with Crippen molar-refractivity contribution in [2.75, 3.05) is 19.7 Å². The molecule has 4 nitrogen and oxygen atoms in total. The van der Waals surface area contributed by atoms with Gasteiger partial charge in [0.15, 0.2) is 0 Å². The van der Waals surface area contributed by atoms with Crippen molar-refractivity contribution in [1.29, 1.82) is 0 Å². The molecule has 0 aromatic carbocycles. The second-order valence-electron chi connectivity index (χ2n) is 3.65. The van der Waals surface area contributed by atoms with Crippen molar-refractivity contribution in [3.05, 3.63) is 24.3 Å². The summed E-state index contributed by atoms with van der Waals surface area (Å²) in [5.41, 5.74) is 0. The van der Waals surface area contributed by atoms with E-state index in [1.165, 1.54) is 4.90 Å². The molecule has 1 aliphatic carbocycles. The molecule has 0 bridgehead atoms. The molecule has 0 heterocycles. The average molecular weight is 223 g/mol. The highest BCUT2D eigenvalue weighted by atomic mass is 16.5. The first kappa shape index (κ1) is 12.5. The molecule has 16 heavy (non-hydrogen) atoms. The van der Waals surface area contributed by atoms with Crippen LogP contribution in [0, 0.1) is 5.92 Å². The Morgan fingerprint density at radius 2 is 2.38 bits per heavy atom. The van der Waals surface area contributed by atoms with Crippen LogP contribution in [0.15, 0.2) is 24.3 Å². The summed E-state index contributed by atoms with van der Waals surface area (Å²) in [6, 6.07) is 0.